The molecule has 5 nitrogen and oxygen atoms in total. The Balaban J connectivity index is 1.31. The number of hydrogen-bond acceptors (Lipinski definition) is 4. The molecule has 2 heterocycles. The minimum absolute atomic E-state index is 0.394. The molecule has 9 aromatic rings. The number of rotatable bonds is 4. The van der Waals surface area contributed by atoms with E-state index in [-0.39, 0.29) is 0 Å². The number of furan rings is 1. The van der Waals surface area contributed by atoms with E-state index in [2.05, 4.69) is 89.5 Å². The van der Waals surface area contributed by atoms with Crippen LogP contribution in [0.5, 0.6) is 0 Å². The zero-order valence-corrected chi connectivity index (χ0v) is 26.6. The molecule has 0 N–H and O–H groups in total. The molecular formula is C45H24N4O. The SMILES string of the molecule is N#Cc1cc(C#N)cc(-c2cc(C#N)cc(-c3cccc4c3c3cc(-c5ccc6oc7ccccc7c6c5)ccc3n4-c3ccccc3)c2)c1. The van der Waals surface area contributed by atoms with E-state index in [1.54, 1.807) is 18.2 Å². The fourth-order valence-corrected chi connectivity index (χ4v) is 7.19. The largest absolute Gasteiger partial charge is 0.456 e. The zero-order chi connectivity index (χ0) is 33.8. The predicted octanol–water partition coefficient (Wildman–Crippen LogP) is 11.3. The zero-order valence-electron chi connectivity index (χ0n) is 26.6. The Labute approximate surface area is 287 Å². The molecule has 0 spiro atoms. The van der Waals surface area contributed by atoms with E-state index in [1.807, 2.05) is 60.7 Å². The van der Waals surface area contributed by atoms with Crippen LogP contribution in [-0.2, 0) is 0 Å². The van der Waals surface area contributed by atoms with Crippen LogP contribution in [-0.4, -0.2) is 4.57 Å². The summed E-state index contributed by atoms with van der Waals surface area (Å²) in [7, 11) is 0. The monoisotopic (exact) mass is 636 g/mol. The van der Waals surface area contributed by atoms with Crippen molar-refractivity contribution in [2.45, 2.75) is 0 Å². The average Bonchev–Trinajstić information content (AvgIpc) is 3.72. The van der Waals surface area contributed by atoms with Crippen molar-refractivity contribution in [3.8, 4) is 57.3 Å². The van der Waals surface area contributed by atoms with Crippen molar-refractivity contribution in [2.75, 3.05) is 0 Å². The number of aromatic nitrogens is 1. The Morgan fingerprint density at radius 1 is 0.420 bits per heavy atom. The van der Waals surface area contributed by atoms with Crippen LogP contribution in [0.3, 0.4) is 0 Å². The van der Waals surface area contributed by atoms with Gasteiger partial charge in [0.05, 0.1) is 45.9 Å². The highest BCUT2D eigenvalue weighted by Crippen LogP contribution is 2.42. The molecule has 0 aliphatic heterocycles. The van der Waals surface area contributed by atoms with E-state index in [1.165, 1.54) is 0 Å². The molecule has 0 atom stereocenters. The Hall–Kier alpha value is -7.39. The van der Waals surface area contributed by atoms with Gasteiger partial charge in [0.1, 0.15) is 11.2 Å². The van der Waals surface area contributed by atoms with Crippen LogP contribution in [0.15, 0.2) is 150 Å². The van der Waals surface area contributed by atoms with E-state index in [0.29, 0.717) is 22.3 Å². The maximum absolute atomic E-state index is 10.1. The van der Waals surface area contributed by atoms with Crippen molar-refractivity contribution in [3.05, 3.63) is 162 Å². The lowest BCUT2D eigenvalue weighted by Crippen LogP contribution is -1.93. The molecule has 0 fully saturated rings. The summed E-state index contributed by atoms with van der Waals surface area (Å²) < 4.78 is 8.40. The number of hydrogen-bond donors (Lipinski definition) is 0. The average molecular weight is 637 g/mol. The van der Waals surface area contributed by atoms with Crippen molar-refractivity contribution in [1.29, 1.82) is 15.8 Å². The highest BCUT2D eigenvalue weighted by atomic mass is 16.3. The lowest BCUT2D eigenvalue weighted by molar-refractivity contribution is 0.669. The Bertz CT molecular complexity index is 2930. The van der Waals surface area contributed by atoms with Gasteiger partial charge >= 0.3 is 0 Å². The van der Waals surface area contributed by atoms with Crippen molar-refractivity contribution < 1.29 is 4.42 Å². The first-order valence-electron chi connectivity index (χ1n) is 16.2. The van der Waals surface area contributed by atoms with E-state index in [4.69, 9.17) is 4.42 Å². The van der Waals surface area contributed by atoms with Crippen molar-refractivity contribution in [3.63, 3.8) is 0 Å². The minimum Gasteiger partial charge on any atom is -0.456 e. The molecule has 0 aliphatic rings. The molecule has 0 bridgehead atoms. The van der Waals surface area contributed by atoms with E-state index in [9.17, 15) is 15.8 Å². The fraction of sp³-hybridized carbons (Fsp3) is 0. The molecule has 0 aliphatic carbocycles. The first-order chi connectivity index (χ1) is 24.6. The highest BCUT2D eigenvalue weighted by Gasteiger charge is 2.19. The molecule has 50 heavy (non-hydrogen) atoms. The Morgan fingerprint density at radius 2 is 1.04 bits per heavy atom. The van der Waals surface area contributed by atoms with E-state index >= 15 is 0 Å². The molecule has 0 radical (unpaired) electrons. The number of para-hydroxylation sites is 2. The Kier molecular flexibility index (Phi) is 6.56. The van der Waals surface area contributed by atoms with E-state index < -0.39 is 0 Å². The van der Waals surface area contributed by atoms with Crippen molar-refractivity contribution >= 4 is 43.7 Å². The van der Waals surface area contributed by atoms with Crippen LogP contribution in [0.1, 0.15) is 16.7 Å². The van der Waals surface area contributed by atoms with Crippen LogP contribution < -0.4 is 0 Å². The summed E-state index contributed by atoms with van der Waals surface area (Å²) in [6.45, 7) is 0. The maximum Gasteiger partial charge on any atom is 0.135 e. The Morgan fingerprint density at radius 3 is 1.80 bits per heavy atom. The van der Waals surface area contributed by atoms with Gasteiger partial charge in [-0.25, -0.2) is 0 Å². The van der Waals surface area contributed by atoms with Gasteiger partial charge in [-0.3, -0.25) is 0 Å². The van der Waals surface area contributed by atoms with Gasteiger partial charge in [-0.1, -0.05) is 60.7 Å². The first kappa shape index (κ1) is 28.8. The van der Waals surface area contributed by atoms with Crippen LogP contribution in [0, 0.1) is 34.0 Å². The summed E-state index contributed by atoms with van der Waals surface area (Å²) in [5, 5.41) is 33.7. The molecule has 5 heteroatoms. The van der Waals surface area contributed by atoms with Gasteiger partial charge in [0, 0.05) is 27.2 Å². The van der Waals surface area contributed by atoms with Gasteiger partial charge in [0.15, 0.2) is 0 Å². The normalized spacial score (nSPS) is 11.1. The van der Waals surface area contributed by atoms with Gasteiger partial charge < -0.3 is 8.98 Å². The smallest absolute Gasteiger partial charge is 0.135 e. The van der Waals surface area contributed by atoms with Gasteiger partial charge in [0.25, 0.3) is 0 Å². The second-order valence-corrected chi connectivity index (χ2v) is 12.3. The second-order valence-electron chi connectivity index (χ2n) is 12.3. The molecule has 0 saturated carbocycles. The summed E-state index contributed by atoms with van der Waals surface area (Å²) in [6, 6.07) is 55.2. The van der Waals surface area contributed by atoms with Crippen LogP contribution in [0.2, 0.25) is 0 Å². The molecule has 7 aromatic carbocycles. The van der Waals surface area contributed by atoms with E-state index in [0.717, 1.165) is 77.2 Å². The first-order valence-corrected chi connectivity index (χ1v) is 16.2. The third-order valence-electron chi connectivity index (χ3n) is 9.41. The lowest BCUT2D eigenvalue weighted by Gasteiger charge is -2.11. The number of nitrogens with zero attached hydrogens (tertiary/aromatic N) is 4. The quantitative estimate of drug-likeness (QED) is 0.192. The molecule has 0 unspecified atom stereocenters. The summed E-state index contributed by atoms with van der Waals surface area (Å²) in [6.07, 6.45) is 0. The number of fused-ring (bicyclic) bond motifs is 6. The van der Waals surface area contributed by atoms with Crippen molar-refractivity contribution in [2.24, 2.45) is 0 Å². The molecular weight excluding hydrogens is 613 g/mol. The minimum atomic E-state index is 0.394. The number of benzene rings is 7. The molecule has 0 saturated heterocycles. The van der Waals surface area contributed by atoms with Gasteiger partial charge in [0.2, 0.25) is 0 Å². The molecule has 0 amide bonds. The third kappa shape index (κ3) is 4.61. The summed E-state index contributed by atoms with van der Waals surface area (Å²) >= 11 is 0. The summed E-state index contributed by atoms with van der Waals surface area (Å²) in [5.74, 6) is 0. The fourth-order valence-electron chi connectivity index (χ4n) is 7.19. The summed E-state index contributed by atoms with van der Waals surface area (Å²) in [4.78, 5) is 0. The standard InChI is InChI=1S/C45H24N4O/c46-25-28-17-29(26-47)19-33(18-28)34-20-30(27-48)21-35(22-34)37-10-6-11-42-45(37)40-24-31(13-15-41(40)49(42)36-7-2-1-3-8-36)32-14-16-44-39(23-32)38-9-4-5-12-43(38)50-44/h1-24H. The van der Waals surface area contributed by atoms with Crippen LogP contribution in [0.4, 0.5) is 0 Å². The number of nitriles is 3. The lowest BCUT2D eigenvalue weighted by atomic mass is 9.92. The van der Waals surface area contributed by atoms with Gasteiger partial charge in [-0.05, 0) is 118 Å². The maximum atomic E-state index is 10.1. The van der Waals surface area contributed by atoms with Crippen molar-refractivity contribution in [1.82, 2.24) is 4.57 Å². The highest BCUT2D eigenvalue weighted by molar-refractivity contribution is 6.17. The molecule has 9 rings (SSSR count). The van der Waals surface area contributed by atoms with Crippen LogP contribution in [0.25, 0.3) is 82.8 Å². The van der Waals surface area contributed by atoms with Crippen LogP contribution >= 0.6 is 0 Å². The topological polar surface area (TPSA) is 89.4 Å². The second kappa shape index (κ2) is 11.4. The van der Waals surface area contributed by atoms with Gasteiger partial charge in [-0.2, -0.15) is 15.8 Å². The van der Waals surface area contributed by atoms with Gasteiger partial charge in [-0.15, -0.1) is 0 Å². The third-order valence-corrected chi connectivity index (χ3v) is 9.41. The predicted molar refractivity (Wildman–Crippen MR) is 199 cm³/mol. The summed E-state index contributed by atoms with van der Waals surface area (Å²) in [5.41, 5.74) is 11.6. The molecule has 2 aromatic heterocycles. The molecule has 230 valence electrons.